The van der Waals surface area contributed by atoms with Crippen molar-refractivity contribution >= 4 is 18.0 Å². The third-order valence-corrected chi connectivity index (χ3v) is 4.49. The molecule has 0 radical (unpaired) electrons. The van der Waals surface area contributed by atoms with E-state index in [4.69, 9.17) is 4.74 Å². The van der Waals surface area contributed by atoms with Gasteiger partial charge in [-0.3, -0.25) is 4.79 Å². The van der Waals surface area contributed by atoms with Gasteiger partial charge in [-0.15, -0.1) is 0 Å². The fourth-order valence-electron chi connectivity index (χ4n) is 2.85. The summed E-state index contributed by atoms with van der Waals surface area (Å²) in [5.74, 6) is -1.78. The van der Waals surface area contributed by atoms with Crippen molar-refractivity contribution in [2.24, 2.45) is 0 Å². The van der Waals surface area contributed by atoms with Crippen LogP contribution < -0.4 is 10.6 Å². The molecule has 166 valence electrons. The lowest BCUT2D eigenvalue weighted by Gasteiger charge is -2.29. The SMILES string of the molecule is CC(C)(C)OC(=O)NC(C)(C)C(=O)NC(Cc1ccc(-c2ccccc2)cc1)C(=O)O. The van der Waals surface area contributed by atoms with Crippen LogP contribution in [0, 0.1) is 0 Å². The van der Waals surface area contributed by atoms with Gasteiger partial charge in [-0.1, -0.05) is 54.6 Å². The second-order valence-corrected chi connectivity index (χ2v) is 8.88. The molecular formula is C24H30N2O5. The molecule has 0 fully saturated rings. The van der Waals surface area contributed by atoms with Crippen molar-refractivity contribution in [1.29, 1.82) is 0 Å². The first kappa shape index (κ1) is 23.9. The van der Waals surface area contributed by atoms with Gasteiger partial charge in [0, 0.05) is 6.42 Å². The Labute approximate surface area is 182 Å². The van der Waals surface area contributed by atoms with Gasteiger partial charge in [0.2, 0.25) is 5.91 Å². The Morgan fingerprint density at radius 3 is 1.97 bits per heavy atom. The number of benzene rings is 2. The van der Waals surface area contributed by atoms with E-state index in [-0.39, 0.29) is 6.42 Å². The summed E-state index contributed by atoms with van der Waals surface area (Å²) in [5.41, 5.74) is 0.777. The highest BCUT2D eigenvalue weighted by Gasteiger charge is 2.34. The Kier molecular flexibility index (Phi) is 7.44. The lowest BCUT2D eigenvalue weighted by atomic mass is 9.99. The first-order valence-corrected chi connectivity index (χ1v) is 10.1. The van der Waals surface area contributed by atoms with Crippen LogP contribution in [0.2, 0.25) is 0 Å². The van der Waals surface area contributed by atoms with Gasteiger partial charge in [0.25, 0.3) is 0 Å². The smallest absolute Gasteiger partial charge is 0.408 e. The second kappa shape index (κ2) is 9.64. The van der Waals surface area contributed by atoms with Gasteiger partial charge in [0.1, 0.15) is 17.2 Å². The zero-order chi connectivity index (χ0) is 23.2. The molecule has 7 nitrogen and oxygen atoms in total. The van der Waals surface area contributed by atoms with E-state index in [1.165, 1.54) is 13.8 Å². The maximum atomic E-state index is 12.7. The van der Waals surface area contributed by atoms with Gasteiger partial charge in [-0.05, 0) is 51.3 Å². The number of nitrogens with one attached hydrogen (secondary N) is 2. The number of alkyl carbamates (subject to hydrolysis) is 1. The Hall–Kier alpha value is -3.35. The number of rotatable bonds is 7. The minimum absolute atomic E-state index is 0.110. The van der Waals surface area contributed by atoms with E-state index < -0.39 is 35.2 Å². The van der Waals surface area contributed by atoms with Gasteiger partial charge in [0.05, 0.1) is 0 Å². The third kappa shape index (κ3) is 7.44. The van der Waals surface area contributed by atoms with Gasteiger partial charge < -0.3 is 20.5 Å². The summed E-state index contributed by atoms with van der Waals surface area (Å²) in [6, 6.07) is 16.2. The number of hydrogen-bond donors (Lipinski definition) is 3. The van der Waals surface area contributed by atoms with Crippen LogP contribution in [0.1, 0.15) is 40.2 Å². The van der Waals surface area contributed by atoms with E-state index in [0.717, 1.165) is 16.7 Å². The summed E-state index contributed by atoms with van der Waals surface area (Å²) in [4.78, 5) is 36.4. The highest BCUT2D eigenvalue weighted by molar-refractivity contribution is 5.92. The Morgan fingerprint density at radius 2 is 1.45 bits per heavy atom. The van der Waals surface area contributed by atoms with Crippen LogP contribution in [0.25, 0.3) is 11.1 Å². The van der Waals surface area contributed by atoms with Crippen molar-refractivity contribution in [2.75, 3.05) is 0 Å². The number of amides is 2. The fraction of sp³-hybridized carbons (Fsp3) is 0.375. The Bertz CT molecular complexity index is 915. The molecule has 7 heteroatoms. The minimum Gasteiger partial charge on any atom is -0.480 e. The first-order chi connectivity index (χ1) is 14.4. The molecule has 0 aromatic heterocycles. The van der Waals surface area contributed by atoms with Crippen molar-refractivity contribution in [2.45, 2.75) is 58.2 Å². The van der Waals surface area contributed by atoms with Crippen LogP contribution in [0.3, 0.4) is 0 Å². The molecule has 0 spiro atoms. The maximum Gasteiger partial charge on any atom is 0.408 e. The van der Waals surface area contributed by atoms with E-state index in [2.05, 4.69) is 10.6 Å². The largest absolute Gasteiger partial charge is 0.480 e. The molecule has 3 N–H and O–H groups in total. The number of ether oxygens (including phenoxy) is 1. The van der Waals surface area contributed by atoms with Crippen LogP contribution in [0.4, 0.5) is 4.79 Å². The Morgan fingerprint density at radius 1 is 0.903 bits per heavy atom. The van der Waals surface area contributed by atoms with Crippen LogP contribution in [0.5, 0.6) is 0 Å². The predicted octanol–water partition coefficient (Wildman–Crippen LogP) is 3.77. The van der Waals surface area contributed by atoms with E-state index in [1.807, 2.05) is 54.6 Å². The summed E-state index contributed by atoms with van der Waals surface area (Å²) in [5, 5.41) is 14.6. The molecule has 2 aromatic rings. The Balaban J connectivity index is 2.04. The fourth-order valence-corrected chi connectivity index (χ4v) is 2.85. The standard InChI is InChI=1S/C24H30N2O5/c1-23(2,3)31-22(30)26-24(4,5)21(29)25-19(20(27)28)15-16-11-13-18(14-12-16)17-9-7-6-8-10-17/h6-14,19H,15H2,1-5H3,(H,25,29)(H,26,30)(H,27,28). The molecule has 0 saturated heterocycles. The van der Waals surface area contributed by atoms with Crippen LogP contribution in [-0.2, 0) is 20.7 Å². The number of carboxylic acid groups (broad SMARTS) is 1. The molecule has 2 rings (SSSR count). The van der Waals surface area contributed by atoms with Gasteiger partial charge in [-0.25, -0.2) is 9.59 Å². The van der Waals surface area contributed by atoms with Crippen LogP contribution >= 0.6 is 0 Å². The number of carbonyl (C=O) groups excluding carboxylic acids is 2. The molecule has 2 aromatic carbocycles. The van der Waals surface area contributed by atoms with Gasteiger partial charge in [0.15, 0.2) is 0 Å². The molecule has 1 unspecified atom stereocenters. The number of hydrogen-bond acceptors (Lipinski definition) is 4. The molecule has 0 aliphatic carbocycles. The molecule has 0 aliphatic rings. The quantitative estimate of drug-likeness (QED) is 0.625. The highest BCUT2D eigenvalue weighted by atomic mass is 16.6. The van der Waals surface area contributed by atoms with Crippen LogP contribution in [0.15, 0.2) is 54.6 Å². The lowest BCUT2D eigenvalue weighted by molar-refractivity contribution is -0.142. The molecule has 31 heavy (non-hydrogen) atoms. The monoisotopic (exact) mass is 426 g/mol. The maximum absolute atomic E-state index is 12.7. The molecule has 0 aliphatic heterocycles. The minimum atomic E-state index is -1.35. The van der Waals surface area contributed by atoms with Gasteiger partial charge in [-0.2, -0.15) is 0 Å². The summed E-state index contributed by atoms with van der Waals surface area (Å²) in [6.45, 7) is 8.11. The molecule has 1 atom stereocenters. The molecular weight excluding hydrogens is 396 g/mol. The lowest BCUT2D eigenvalue weighted by Crippen LogP contribution is -2.58. The van der Waals surface area contributed by atoms with Crippen molar-refractivity contribution in [3.8, 4) is 11.1 Å². The third-order valence-electron chi connectivity index (χ3n) is 4.49. The first-order valence-electron chi connectivity index (χ1n) is 10.1. The summed E-state index contributed by atoms with van der Waals surface area (Å²) < 4.78 is 5.17. The topological polar surface area (TPSA) is 105 Å². The molecule has 0 bridgehead atoms. The average molecular weight is 427 g/mol. The highest BCUT2D eigenvalue weighted by Crippen LogP contribution is 2.20. The van der Waals surface area contributed by atoms with E-state index in [9.17, 15) is 19.5 Å². The summed E-state index contributed by atoms with van der Waals surface area (Å²) >= 11 is 0. The molecule has 0 saturated carbocycles. The summed E-state index contributed by atoms with van der Waals surface area (Å²) in [6.07, 6.45) is -0.644. The van der Waals surface area contributed by atoms with E-state index in [1.54, 1.807) is 20.8 Å². The van der Waals surface area contributed by atoms with E-state index in [0.29, 0.717) is 0 Å². The second-order valence-electron chi connectivity index (χ2n) is 8.88. The van der Waals surface area contributed by atoms with Crippen molar-refractivity contribution < 1.29 is 24.2 Å². The van der Waals surface area contributed by atoms with E-state index >= 15 is 0 Å². The molecule has 2 amide bonds. The van der Waals surface area contributed by atoms with Crippen LogP contribution in [-0.4, -0.2) is 40.3 Å². The molecule has 0 heterocycles. The summed E-state index contributed by atoms with van der Waals surface area (Å²) in [7, 11) is 0. The van der Waals surface area contributed by atoms with Crippen molar-refractivity contribution in [3.05, 3.63) is 60.2 Å². The van der Waals surface area contributed by atoms with Crippen molar-refractivity contribution in [3.63, 3.8) is 0 Å². The number of carbonyl (C=O) groups is 3. The average Bonchev–Trinajstić information content (AvgIpc) is 2.66. The van der Waals surface area contributed by atoms with Crippen molar-refractivity contribution in [1.82, 2.24) is 10.6 Å². The zero-order valence-corrected chi connectivity index (χ0v) is 18.6. The predicted molar refractivity (Wildman–Crippen MR) is 119 cm³/mol. The zero-order valence-electron chi connectivity index (χ0n) is 18.6. The normalized spacial score (nSPS) is 12.5. The van der Waals surface area contributed by atoms with Gasteiger partial charge >= 0.3 is 12.1 Å². The number of carboxylic acids is 1. The number of aliphatic carboxylic acids is 1.